The molecule has 4 aliphatic carbocycles. The molecule has 4 aliphatic rings. The Morgan fingerprint density at radius 1 is 1.15 bits per heavy atom. The van der Waals surface area contributed by atoms with Gasteiger partial charge in [0.15, 0.2) is 0 Å². The van der Waals surface area contributed by atoms with E-state index < -0.39 is 5.97 Å². The second-order valence-electron chi connectivity index (χ2n) is 13.1. The van der Waals surface area contributed by atoms with Gasteiger partial charge in [-0.25, -0.2) is 0 Å². The summed E-state index contributed by atoms with van der Waals surface area (Å²) in [6.07, 6.45) is 14.1. The van der Waals surface area contributed by atoms with Crippen LogP contribution in [-0.2, 0) is 4.79 Å². The van der Waals surface area contributed by atoms with Crippen LogP contribution in [0.25, 0.3) is 0 Å². The van der Waals surface area contributed by atoms with Gasteiger partial charge < -0.3 is 15.5 Å². The van der Waals surface area contributed by atoms with E-state index in [1.54, 1.807) is 0 Å². The lowest BCUT2D eigenvalue weighted by atomic mass is 9.46. The number of aliphatic hydroxyl groups excluding tert-OH is 1. The van der Waals surface area contributed by atoms with E-state index in [1.165, 1.54) is 50.5 Å². The number of rotatable bonds is 8. The Bertz CT molecular complexity index is 747. The van der Waals surface area contributed by atoms with Gasteiger partial charge in [-0.15, -0.1) is 0 Å². The van der Waals surface area contributed by atoms with E-state index in [0.29, 0.717) is 23.7 Å². The Balaban J connectivity index is 1.54. The molecule has 0 radical (unpaired) electrons. The molecule has 188 valence electrons. The molecule has 0 spiro atoms. The van der Waals surface area contributed by atoms with E-state index in [9.17, 15) is 15.0 Å². The largest absolute Gasteiger partial charge is 0.480 e. The van der Waals surface area contributed by atoms with Crippen LogP contribution in [-0.4, -0.2) is 34.9 Å². The normalized spacial score (nSPS) is 43.4. The second kappa shape index (κ2) is 9.64. The number of allylic oxidation sites excluding steroid dienone is 1. The number of carboxylic acid groups (broad SMARTS) is 1. The Morgan fingerprint density at radius 2 is 1.91 bits per heavy atom. The van der Waals surface area contributed by atoms with Crippen LogP contribution < -0.4 is 5.32 Å². The zero-order valence-corrected chi connectivity index (χ0v) is 21.8. The molecular weight excluding hydrogens is 410 g/mol. The van der Waals surface area contributed by atoms with Gasteiger partial charge in [-0.3, -0.25) is 4.79 Å². The lowest BCUT2D eigenvalue weighted by molar-refractivity contribution is -0.136. The van der Waals surface area contributed by atoms with Gasteiger partial charge in [-0.2, -0.15) is 0 Å². The van der Waals surface area contributed by atoms with Crippen molar-refractivity contribution in [1.29, 1.82) is 0 Å². The van der Waals surface area contributed by atoms with Gasteiger partial charge in [0.2, 0.25) is 0 Å². The van der Waals surface area contributed by atoms with Crippen LogP contribution in [0.2, 0.25) is 0 Å². The number of fused-ring (bicyclic) bond motifs is 5. The Morgan fingerprint density at radius 3 is 2.61 bits per heavy atom. The Kier molecular flexibility index (Phi) is 7.37. The van der Waals surface area contributed by atoms with E-state index >= 15 is 0 Å². The number of aliphatic carboxylic acids is 1. The van der Waals surface area contributed by atoms with Crippen LogP contribution in [0.1, 0.15) is 98.8 Å². The maximum absolute atomic E-state index is 11.3. The minimum atomic E-state index is -0.808. The number of carbonyl (C=O) groups is 1. The van der Waals surface area contributed by atoms with Gasteiger partial charge in [0.1, 0.15) is 0 Å². The summed E-state index contributed by atoms with van der Waals surface area (Å²) in [6, 6.07) is 0.0490. The number of carboxylic acids is 1. The van der Waals surface area contributed by atoms with Crippen molar-refractivity contribution >= 4 is 5.97 Å². The molecule has 0 aromatic heterocycles. The van der Waals surface area contributed by atoms with Gasteiger partial charge >= 0.3 is 5.97 Å². The predicted molar refractivity (Wildman–Crippen MR) is 134 cm³/mol. The maximum Gasteiger partial charge on any atom is 0.317 e. The number of nitrogens with one attached hydrogen (secondary N) is 1. The van der Waals surface area contributed by atoms with Gasteiger partial charge in [0.25, 0.3) is 0 Å². The fourth-order valence-electron chi connectivity index (χ4n) is 9.27. The second-order valence-corrected chi connectivity index (χ2v) is 13.1. The lowest BCUT2D eigenvalue weighted by Gasteiger charge is -2.60. The molecule has 9 atom stereocenters. The van der Waals surface area contributed by atoms with Crippen molar-refractivity contribution in [2.45, 2.75) is 111 Å². The monoisotopic (exact) mass is 459 g/mol. The van der Waals surface area contributed by atoms with Crippen molar-refractivity contribution in [3.05, 3.63) is 11.6 Å². The molecule has 4 nitrogen and oxygen atoms in total. The first-order valence-electron chi connectivity index (χ1n) is 13.9. The van der Waals surface area contributed by atoms with Crippen molar-refractivity contribution < 1.29 is 15.0 Å². The summed E-state index contributed by atoms with van der Waals surface area (Å²) in [5.41, 5.74) is 1.82. The summed E-state index contributed by atoms with van der Waals surface area (Å²) >= 11 is 0. The molecule has 1 unspecified atom stereocenters. The van der Waals surface area contributed by atoms with E-state index in [-0.39, 0.29) is 24.1 Å². The van der Waals surface area contributed by atoms with Crippen LogP contribution in [0.3, 0.4) is 0 Å². The van der Waals surface area contributed by atoms with Crippen molar-refractivity contribution in [2.75, 3.05) is 6.54 Å². The molecule has 0 aliphatic heterocycles. The maximum atomic E-state index is 11.3. The molecule has 3 saturated carbocycles. The molecule has 0 heterocycles. The third-order valence-electron chi connectivity index (χ3n) is 10.9. The van der Waals surface area contributed by atoms with E-state index in [4.69, 9.17) is 0 Å². The first-order valence-corrected chi connectivity index (χ1v) is 13.9. The number of hydrogen-bond acceptors (Lipinski definition) is 3. The summed E-state index contributed by atoms with van der Waals surface area (Å²) in [5.74, 6) is 3.76. The first kappa shape index (κ1) is 25.2. The van der Waals surface area contributed by atoms with E-state index in [0.717, 1.165) is 36.5 Å². The topological polar surface area (TPSA) is 69.6 Å². The number of aliphatic hydroxyl groups is 1. The highest BCUT2D eigenvalue weighted by Gasteiger charge is 2.60. The highest BCUT2D eigenvalue weighted by molar-refractivity contribution is 5.69. The summed E-state index contributed by atoms with van der Waals surface area (Å²) in [6.45, 7) is 12.2. The highest BCUT2D eigenvalue weighted by Crippen LogP contribution is 2.67. The third-order valence-corrected chi connectivity index (χ3v) is 10.9. The minimum absolute atomic E-state index is 0.0191. The molecule has 0 aromatic rings. The SMILES string of the molecule is CC(C)CCC[C@@H](C)[C@H]1CC[C@H]2[C@@H]3CC=C4C[C@H](O)CC(NCC(=O)O)[C@]4(C)[C@H]3CC[C@]12C. The molecule has 0 bridgehead atoms. The molecule has 4 heteroatoms. The van der Waals surface area contributed by atoms with E-state index in [1.807, 2.05) is 0 Å². The predicted octanol–water partition coefficient (Wildman–Crippen LogP) is 6.04. The van der Waals surface area contributed by atoms with Crippen molar-refractivity contribution in [2.24, 2.45) is 46.3 Å². The Labute approximate surface area is 202 Å². The quantitative estimate of drug-likeness (QED) is 0.387. The van der Waals surface area contributed by atoms with Gasteiger partial charge in [-0.1, -0.05) is 65.5 Å². The average Bonchev–Trinajstić information content (AvgIpc) is 3.09. The summed E-state index contributed by atoms with van der Waals surface area (Å²) in [5, 5.41) is 23.2. The molecule has 3 N–H and O–H groups in total. The zero-order valence-electron chi connectivity index (χ0n) is 21.8. The molecule has 4 rings (SSSR count). The van der Waals surface area contributed by atoms with Crippen LogP contribution in [0, 0.1) is 46.3 Å². The van der Waals surface area contributed by atoms with Gasteiger partial charge in [-0.05, 0) is 85.9 Å². The average molecular weight is 460 g/mol. The smallest absolute Gasteiger partial charge is 0.317 e. The Hall–Kier alpha value is -0.870. The van der Waals surface area contributed by atoms with Crippen LogP contribution in [0.4, 0.5) is 0 Å². The van der Waals surface area contributed by atoms with Gasteiger partial charge in [0.05, 0.1) is 12.6 Å². The molecule has 0 saturated heterocycles. The fraction of sp³-hybridized carbons (Fsp3) is 0.897. The summed E-state index contributed by atoms with van der Waals surface area (Å²) in [7, 11) is 0. The lowest BCUT2D eigenvalue weighted by Crippen LogP contribution is -2.60. The van der Waals surface area contributed by atoms with E-state index in [2.05, 4.69) is 46.0 Å². The molecular formula is C29H49NO3. The molecule has 0 aromatic carbocycles. The highest BCUT2D eigenvalue weighted by atomic mass is 16.4. The minimum Gasteiger partial charge on any atom is -0.480 e. The summed E-state index contributed by atoms with van der Waals surface area (Å²) < 4.78 is 0. The first-order chi connectivity index (χ1) is 15.6. The molecule has 0 amide bonds. The fourth-order valence-corrected chi connectivity index (χ4v) is 9.27. The van der Waals surface area contributed by atoms with Crippen LogP contribution in [0.5, 0.6) is 0 Å². The van der Waals surface area contributed by atoms with Crippen molar-refractivity contribution in [1.82, 2.24) is 5.32 Å². The third kappa shape index (κ3) is 4.56. The van der Waals surface area contributed by atoms with Gasteiger partial charge in [0, 0.05) is 11.5 Å². The summed E-state index contributed by atoms with van der Waals surface area (Å²) in [4.78, 5) is 11.3. The molecule has 33 heavy (non-hydrogen) atoms. The number of hydrogen-bond donors (Lipinski definition) is 3. The molecule has 3 fully saturated rings. The standard InChI is InChI=1S/C29H49NO3/c1-18(2)7-6-8-19(3)23-11-12-24-22-10-9-20-15-21(31)16-26(30-17-27(32)33)29(20,5)25(22)13-14-28(23,24)4/h9,18-19,21-26,30-31H,6-8,10-17H2,1-5H3,(H,32,33)/t19-,21+,22+,23-,24+,25+,26?,28-,29+/m1/s1. The zero-order chi connectivity index (χ0) is 24.0. The van der Waals surface area contributed by atoms with Crippen LogP contribution >= 0.6 is 0 Å². The van der Waals surface area contributed by atoms with Crippen molar-refractivity contribution in [3.63, 3.8) is 0 Å². The van der Waals surface area contributed by atoms with Crippen LogP contribution in [0.15, 0.2) is 11.6 Å². The van der Waals surface area contributed by atoms with Crippen molar-refractivity contribution in [3.8, 4) is 0 Å².